The van der Waals surface area contributed by atoms with Gasteiger partial charge in [-0.05, 0) is 25.7 Å². The molecule has 0 spiro atoms. The highest BCUT2D eigenvalue weighted by molar-refractivity contribution is 5.79. The first kappa shape index (κ1) is 13.8. The first-order chi connectivity index (χ1) is 8.72. The number of carbonyl (C=O) groups excluding carboxylic acids is 1. The van der Waals surface area contributed by atoms with Crippen molar-refractivity contribution in [1.29, 1.82) is 0 Å². The molecule has 2 N–H and O–H groups in total. The lowest BCUT2D eigenvalue weighted by Gasteiger charge is -2.33. The van der Waals surface area contributed by atoms with Crippen LogP contribution in [0.3, 0.4) is 0 Å². The van der Waals surface area contributed by atoms with Crippen LogP contribution in [-0.2, 0) is 9.53 Å². The lowest BCUT2D eigenvalue weighted by molar-refractivity contribution is -0.138. The molecule has 0 bridgehead atoms. The minimum atomic E-state index is -0.0630. The highest BCUT2D eigenvalue weighted by Gasteiger charge is 2.31. The van der Waals surface area contributed by atoms with E-state index >= 15 is 0 Å². The number of hydrogen-bond donors (Lipinski definition) is 1. The van der Waals surface area contributed by atoms with Gasteiger partial charge in [0.2, 0.25) is 5.91 Å². The fourth-order valence-electron chi connectivity index (χ4n) is 3.03. The van der Waals surface area contributed by atoms with Gasteiger partial charge < -0.3 is 15.4 Å². The first-order valence-electron chi connectivity index (χ1n) is 7.34. The fraction of sp³-hybridized carbons (Fsp3) is 0.929. The summed E-state index contributed by atoms with van der Waals surface area (Å²) < 4.78 is 5.68. The van der Waals surface area contributed by atoms with Crippen LogP contribution >= 0.6 is 0 Å². The predicted molar refractivity (Wildman–Crippen MR) is 71.2 cm³/mol. The third-order valence-electron chi connectivity index (χ3n) is 4.25. The Hall–Kier alpha value is -0.610. The molecule has 1 heterocycles. The second kappa shape index (κ2) is 6.53. The SMILES string of the molecule is CC(CN)C(=O)N(CC1CCCO1)C1CCCC1. The van der Waals surface area contributed by atoms with Crippen LogP contribution in [0.5, 0.6) is 0 Å². The van der Waals surface area contributed by atoms with E-state index in [9.17, 15) is 4.79 Å². The highest BCUT2D eigenvalue weighted by atomic mass is 16.5. The normalized spacial score (nSPS) is 26.4. The zero-order valence-corrected chi connectivity index (χ0v) is 11.4. The molecule has 1 aliphatic carbocycles. The number of amides is 1. The van der Waals surface area contributed by atoms with Crippen LogP contribution < -0.4 is 5.73 Å². The number of nitrogens with two attached hydrogens (primary N) is 1. The minimum Gasteiger partial charge on any atom is -0.376 e. The molecule has 2 fully saturated rings. The van der Waals surface area contributed by atoms with Crippen molar-refractivity contribution in [2.24, 2.45) is 11.7 Å². The molecule has 1 aliphatic heterocycles. The van der Waals surface area contributed by atoms with Gasteiger partial charge in [-0.15, -0.1) is 0 Å². The van der Waals surface area contributed by atoms with Crippen molar-refractivity contribution in [2.75, 3.05) is 19.7 Å². The van der Waals surface area contributed by atoms with Gasteiger partial charge in [-0.3, -0.25) is 4.79 Å². The van der Waals surface area contributed by atoms with Crippen LogP contribution in [-0.4, -0.2) is 42.6 Å². The zero-order chi connectivity index (χ0) is 13.0. The van der Waals surface area contributed by atoms with Gasteiger partial charge in [-0.25, -0.2) is 0 Å². The Balaban J connectivity index is 1.98. The standard InChI is InChI=1S/C14H26N2O2/c1-11(9-15)14(17)16(12-5-2-3-6-12)10-13-7-4-8-18-13/h11-13H,2-10,15H2,1H3. The number of carbonyl (C=O) groups is 1. The van der Waals surface area contributed by atoms with E-state index in [-0.39, 0.29) is 17.9 Å². The van der Waals surface area contributed by atoms with Crippen molar-refractivity contribution in [1.82, 2.24) is 4.90 Å². The zero-order valence-electron chi connectivity index (χ0n) is 11.4. The summed E-state index contributed by atoms with van der Waals surface area (Å²) in [6.07, 6.45) is 7.26. The lowest BCUT2D eigenvalue weighted by atomic mass is 10.1. The van der Waals surface area contributed by atoms with Crippen LogP contribution in [0.25, 0.3) is 0 Å². The predicted octanol–water partition coefficient (Wildman–Crippen LogP) is 1.53. The van der Waals surface area contributed by atoms with Crippen molar-refractivity contribution >= 4 is 5.91 Å². The Bertz CT molecular complexity index is 271. The summed E-state index contributed by atoms with van der Waals surface area (Å²) in [6.45, 7) is 3.99. The average molecular weight is 254 g/mol. The van der Waals surface area contributed by atoms with E-state index in [1.807, 2.05) is 6.92 Å². The highest BCUT2D eigenvalue weighted by Crippen LogP contribution is 2.26. The first-order valence-corrected chi connectivity index (χ1v) is 7.34. The maximum absolute atomic E-state index is 12.4. The quantitative estimate of drug-likeness (QED) is 0.809. The summed E-state index contributed by atoms with van der Waals surface area (Å²) in [6, 6.07) is 0.427. The molecular formula is C14H26N2O2. The van der Waals surface area contributed by atoms with E-state index in [1.165, 1.54) is 12.8 Å². The molecule has 0 radical (unpaired) electrons. The van der Waals surface area contributed by atoms with E-state index in [2.05, 4.69) is 4.90 Å². The number of rotatable bonds is 5. The third-order valence-corrected chi connectivity index (χ3v) is 4.25. The monoisotopic (exact) mass is 254 g/mol. The van der Waals surface area contributed by atoms with E-state index < -0.39 is 0 Å². The molecule has 1 saturated heterocycles. The summed E-state index contributed by atoms with van der Waals surface area (Å²) in [4.78, 5) is 14.5. The summed E-state index contributed by atoms with van der Waals surface area (Å²) in [5.41, 5.74) is 5.64. The maximum atomic E-state index is 12.4. The second-order valence-electron chi connectivity index (χ2n) is 5.70. The summed E-state index contributed by atoms with van der Waals surface area (Å²) in [5, 5.41) is 0. The molecule has 2 aliphatic rings. The Morgan fingerprint density at radius 3 is 2.61 bits per heavy atom. The van der Waals surface area contributed by atoms with Crippen LogP contribution in [0.2, 0.25) is 0 Å². The van der Waals surface area contributed by atoms with Gasteiger partial charge in [0.1, 0.15) is 0 Å². The second-order valence-corrected chi connectivity index (χ2v) is 5.70. The van der Waals surface area contributed by atoms with E-state index in [4.69, 9.17) is 10.5 Å². The largest absolute Gasteiger partial charge is 0.376 e. The van der Waals surface area contributed by atoms with Crippen LogP contribution in [0.15, 0.2) is 0 Å². The molecule has 1 amide bonds. The minimum absolute atomic E-state index is 0.0630. The molecule has 2 unspecified atom stereocenters. The van der Waals surface area contributed by atoms with Gasteiger partial charge in [0.25, 0.3) is 0 Å². The van der Waals surface area contributed by atoms with Crippen LogP contribution in [0, 0.1) is 5.92 Å². The van der Waals surface area contributed by atoms with Gasteiger partial charge in [-0.1, -0.05) is 19.8 Å². The lowest BCUT2D eigenvalue weighted by Crippen LogP contribution is -2.47. The number of hydrogen-bond acceptors (Lipinski definition) is 3. The van der Waals surface area contributed by atoms with E-state index in [0.717, 1.165) is 38.8 Å². The molecule has 0 aromatic heterocycles. The Labute approximate surface area is 110 Å². The average Bonchev–Trinajstić information content (AvgIpc) is 3.06. The molecule has 2 atom stereocenters. The molecule has 4 heteroatoms. The van der Waals surface area contributed by atoms with Crippen LogP contribution in [0.4, 0.5) is 0 Å². The number of nitrogens with zero attached hydrogens (tertiary/aromatic N) is 1. The van der Waals surface area contributed by atoms with Crippen molar-refractivity contribution in [3.8, 4) is 0 Å². The van der Waals surface area contributed by atoms with Gasteiger partial charge in [0.15, 0.2) is 0 Å². The molecule has 0 aromatic rings. The Morgan fingerprint density at radius 2 is 2.06 bits per heavy atom. The Kier molecular flexibility index (Phi) is 5.01. The summed E-state index contributed by atoms with van der Waals surface area (Å²) in [7, 11) is 0. The maximum Gasteiger partial charge on any atom is 0.227 e. The summed E-state index contributed by atoms with van der Waals surface area (Å²) in [5.74, 6) is 0.159. The van der Waals surface area contributed by atoms with Crippen LogP contribution in [0.1, 0.15) is 45.4 Å². The van der Waals surface area contributed by atoms with Crippen molar-refractivity contribution in [2.45, 2.75) is 57.6 Å². The molecule has 1 saturated carbocycles. The molecule has 4 nitrogen and oxygen atoms in total. The van der Waals surface area contributed by atoms with Gasteiger partial charge >= 0.3 is 0 Å². The summed E-state index contributed by atoms with van der Waals surface area (Å²) >= 11 is 0. The Morgan fingerprint density at radius 1 is 1.33 bits per heavy atom. The molecular weight excluding hydrogens is 228 g/mol. The van der Waals surface area contributed by atoms with E-state index in [0.29, 0.717) is 12.6 Å². The molecule has 0 aromatic carbocycles. The smallest absolute Gasteiger partial charge is 0.227 e. The van der Waals surface area contributed by atoms with Crippen molar-refractivity contribution < 1.29 is 9.53 Å². The van der Waals surface area contributed by atoms with E-state index in [1.54, 1.807) is 0 Å². The third kappa shape index (κ3) is 3.23. The fourth-order valence-corrected chi connectivity index (χ4v) is 3.03. The van der Waals surface area contributed by atoms with Crippen molar-refractivity contribution in [3.05, 3.63) is 0 Å². The molecule has 104 valence electrons. The molecule has 2 rings (SSSR count). The van der Waals surface area contributed by atoms with Gasteiger partial charge in [-0.2, -0.15) is 0 Å². The number of ether oxygens (including phenoxy) is 1. The van der Waals surface area contributed by atoms with Gasteiger partial charge in [0.05, 0.1) is 6.10 Å². The van der Waals surface area contributed by atoms with Crippen molar-refractivity contribution in [3.63, 3.8) is 0 Å². The topological polar surface area (TPSA) is 55.6 Å². The van der Waals surface area contributed by atoms with Gasteiger partial charge in [0, 0.05) is 31.7 Å². The molecule has 18 heavy (non-hydrogen) atoms.